The lowest BCUT2D eigenvalue weighted by atomic mass is 10.0. The number of nitrogens with zero attached hydrogens (tertiary/aromatic N) is 4. The molecule has 0 amide bonds. The molecule has 0 aliphatic carbocycles. The van der Waals surface area contributed by atoms with Crippen LogP contribution in [0.25, 0.3) is 0 Å². The van der Waals surface area contributed by atoms with Crippen molar-refractivity contribution in [2.75, 3.05) is 6.61 Å². The summed E-state index contributed by atoms with van der Waals surface area (Å²) >= 11 is 0. The molecule has 1 saturated heterocycles. The number of ether oxygens (including phenoxy) is 1. The Balaban J connectivity index is 0.000000249. The zero-order chi connectivity index (χ0) is 40.9. The van der Waals surface area contributed by atoms with Crippen LogP contribution in [0.1, 0.15) is 99.9 Å². The first-order valence-corrected chi connectivity index (χ1v) is 16.7. The Bertz CT molecular complexity index is 2040. The molecule has 0 spiro atoms. The van der Waals surface area contributed by atoms with Gasteiger partial charge in [-0.15, -0.1) is 0 Å². The van der Waals surface area contributed by atoms with Crippen molar-refractivity contribution in [2.45, 2.75) is 73.5 Å². The number of carbonyl (C=O) groups is 2. The summed E-state index contributed by atoms with van der Waals surface area (Å²) < 4.78 is 5.05. The van der Waals surface area contributed by atoms with Crippen LogP contribution in [0.4, 0.5) is 22.7 Å². The third-order valence-electron chi connectivity index (χ3n) is 8.20. The number of ketones is 2. The minimum atomic E-state index is -0.616. The molecule has 1 N–H and O–H groups in total. The van der Waals surface area contributed by atoms with Crippen LogP contribution < -0.4 is 0 Å². The second-order valence-corrected chi connectivity index (χ2v) is 12.2. The molecule has 0 saturated carbocycles. The fourth-order valence-corrected chi connectivity index (χ4v) is 4.74. The lowest BCUT2D eigenvalue weighted by Crippen LogP contribution is -1.99. The van der Waals surface area contributed by atoms with Gasteiger partial charge in [-0.1, -0.05) is 62.4 Å². The average Bonchev–Trinajstić information content (AvgIpc) is 3.98. The zero-order valence-electron chi connectivity index (χ0n) is 30.9. The minimum Gasteiger partial charge on any atom is -0.388 e. The van der Waals surface area contributed by atoms with Gasteiger partial charge in [0, 0.05) is 64.1 Å². The number of hydrogen-bond donors (Lipinski definition) is 1. The maximum absolute atomic E-state index is 11.3. The minimum absolute atomic E-state index is 0.00398. The number of aryl methyl sites for hydroxylation is 4. The number of Topliss-reactive ketones (excluding diaryl/α,β-unsaturated/α-hetero) is 2. The van der Waals surface area contributed by atoms with Crippen LogP contribution in [0.3, 0.4) is 0 Å². The molecule has 286 valence electrons. The molecule has 4 aromatic carbocycles. The van der Waals surface area contributed by atoms with Gasteiger partial charge in [-0.3, -0.25) is 50.0 Å². The zero-order valence-corrected chi connectivity index (χ0v) is 30.9. The molecular formula is C38H42N4O12. The molecule has 16 nitrogen and oxygen atoms in total. The van der Waals surface area contributed by atoms with E-state index in [1.54, 1.807) is 83.1 Å². The summed E-state index contributed by atoms with van der Waals surface area (Å²) in [6.07, 6.45) is 0.383. The smallest absolute Gasteiger partial charge is 0.273 e. The van der Waals surface area contributed by atoms with Crippen molar-refractivity contribution in [2.24, 2.45) is 0 Å². The summed E-state index contributed by atoms with van der Waals surface area (Å²) in [6, 6.07) is 19.1. The van der Waals surface area contributed by atoms with E-state index in [-0.39, 0.29) is 45.3 Å². The SMILES string of the molecule is CC(=O)c1ccc(C)c([N+](=O)[O-])c1.CCC(=O)c1ccc(C)c([N+](=O)[O-])c1.CCC(O)c1ccc(C)c([N+](=O)[O-])c1.Cc1ccc(C2CO2)cc1[N+](=O)[O-]. The molecule has 0 bridgehead atoms. The first-order valence-electron chi connectivity index (χ1n) is 16.7. The molecule has 1 fully saturated rings. The Hall–Kier alpha value is -6.26. The second-order valence-electron chi connectivity index (χ2n) is 12.2. The first-order chi connectivity index (χ1) is 25.3. The number of benzene rings is 4. The summed E-state index contributed by atoms with van der Waals surface area (Å²) in [6.45, 7) is 12.3. The van der Waals surface area contributed by atoms with Crippen molar-refractivity contribution in [3.63, 3.8) is 0 Å². The van der Waals surface area contributed by atoms with Crippen LogP contribution in [0.5, 0.6) is 0 Å². The monoisotopic (exact) mass is 746 g/mol. The van der Waals surface area contributed by atoms with Crippen LogP contribution in [0.2, 0.25) is 0 Å². The summed E-state index contributed by atoms with van der Waals surface area (Å²) in [5, 5.41) is 51.8. The molecule has 16 heteroatoms. The summed E-state index contributed by atoms with van der Waals surface area (Å²) in [5.74, 6) is -0.240. The van der Waals surface area contributed by atoms with Crippen molar-refractivity contribution < 1.29 is 39.1 Å². The molecule has 1 aliphatic heterocycles. The molecule has 1 heterocycles. The van der Waals surface area contributed by atoms with Crippen LogP contribution in [-0.2, 0) is 4.74 Å². The highest BCUT2D eigenvalue weighted by Gasteiger charge is 2.27. The molecule has 2 atom stereocenters. The molecule has 5 rings (SSSR count). The predicted octanol–water partition coefficient (Wildman–Crippen LogP) is 8.92. The van der Waals surface area contributed by atoms with Gasteiger partial charge in [-0.25, -0.2) is 0 Å². The van der Waals surface area contributed by atoms with E-state index in [2.05, 4.69) is 0 Å². The molecule has 4 aromatic rings. The fraction of sp³-hybridized carbons (Fsp3) is 0.316. The van der Waals surface area contributed by atoms with Gasteiger partial charge in [0.25, 0.3) is 22.7 Å². The topological polar surface area (TPSA) is 239 Å². The predicted molar refractivity (Wildman–Crippen MR) is 200 cm³/mol. The number of carbonyl (C=O) groups excluding carboxylic acids is 2. The third-order valence-corrected chi connectivity index (χ3v) is 8.20. The van der Waals surface area contributed by atoms with Crippen LogP contribution >= 0.6 is 0 Å². The van der Waals surface area contributed by atoms with Crippen molar-refractivity contribution in [3.05, 3.63) is 158 Å². The number of rotatable bonds is 10. The summed E-state index contributed by atoms with van der Waals surface area (Å²) in [7, 11) is 0. The number of nitro benzene ring substituents is 4. The first kappa shape index (κ1) is 43.9. The molecule has 54 heavy (non-hydrogen) atoms. The number of aliphatic hydroxyl groups excluding tert-OH is 1. The lowest BCUT2D eigenvalue weighted by molar-refractivity contribution is -0.385. The lowest BCUT2D eigenvalue weighted by Gasteiger charge is -2.08. The number of epoxide rings is 1. The normalized spacial score (nSPS) is 12.9. The number of nitro groups is 4. The quantitative estimate of drug-likeness (QED) is 0.0692. The van der Waals surface area contributed by atoms with Crippen LogP contribution in [-0.4, -0.2) is 43.0 Å². The highest BCUT2D eigenvalue weighted by molar-refractivity contribution is 5.96. The second kappa shape index (κ2) is 20.1. The van der Waals surface area contributed by atoms with E-state index in [9.17, 15) is 55.2 Å². The van der Waals surface area contributed by atoms with E-state index >= 15 is 0 Å². The van der Waals surface area contributed by atoms with Gasteiger partial charge in [0.2, 0.25) is 0 Å². The Kier molecular flexibility index (Phi) is 16.3. The molecule has 0 radical (unpaired) electrons. The fourth-order valence-electron chi connectivity index (χ4n) is 4.74. The van der Waals surface area contributed by atoms with Crippen LogP contribution in [0.15, 0.2) is 72.8 Å². The van der Waals surface area contributed by atoms with Crippen molar-refractivity contribution in [1.82, 2.24) is 0 Å². The van der Waals surface area contributed by atoms with Gasteiger partial charge in [0.15, 0.2) is 11.6 Å². The standard InChI is InChI=1S/C10H13NO3.C10H11NO3.2C9H9NO3/c2*1-3-10(12)8-5-4-7(2)9(6-8)11(13)14;1-6-2-3-7(9-5-13-9)4-8(6)10(11)12;1-6-3-4-8(7(2)11)5-9(6)10(12)13/h4-6,10,12H,3H2,1-2H3;4-6H,3H2,1-2H3;2-4,9H,5H2,1H3;3-5H,1-2H3. The Labute approximate surface area is 311 Å². The van der Waals surface area contributed by atoms with Gasteiger partial charge in [-0.05, 0) is 52.2 Å². The van der Waals surface area contributed by atoms with Gasteiger partial charge in [0.1, 0.15) is 6.10 Å². The van der Waals surface area contributed by atoms with Crippen LogP contribution in [0, 0.1) is 68.2 Å². The highest BCUT2D eigenvalue weighted by atomic mass is 16.6. The van der Waals surface area contributed by atoms with E-state index < -0.39 is 20.9 Å². The summed E-state index contributed by atoms with van der Waals surface area (Å²) in [5.41, 5.74) is 4.96. The van der Waals surface area contributed by atoms with E-state index in [1.807, 2.05) is 13.0 Å². The van der Waals surface area contributed by atoms with E-state index in [0.29, 0.717) is 58.4 Å². The molecule has 2 unspecified atom stereocenters. The van der Waals surface area contributed by atoms with Gasteiger partial charge < -0.3 is 9.84 Å². The summed E-state index contributed by atoms with van der Waals surface area (Å²) in [4.78, 5) is 62.7. The van der Waals surface area contributed by atoms with Gasteiger partial charge in [0.05, 0.1) is 32.4 Å². The van der Waals surface area contributed by atoms with Crippen molar-refractivity contribution in [1.29, 1.82) is 0 Å². The van der Waals surface area contributed by atoms with Gasteiger partial charge >= 0.3 is 0 Å². The third kappa shape index (κ3) is 12.8. The van der Waals surface area contributed by atoms with E-state index in [1.165, 1.54) is 25.1 Å². The van der Waals surface area contributed by atoms with Crippen molar-refractivity contribution >= 4 is 34.3 Å². The van der Waals surface area contributed by atoms with E-state index in [0.717, 1.165) is 5.56 Å². The molecule has 0 aromatic heterocycles. The molecule has 1 aliphatic rings. The Morgan fingerprint density at radius 1 is 0.667 bits per heavy atom. The van der Waals surface area contributed by atoms with Crippen molar-refractivity contribution in [3.8, 4) is 0 Å². The Morgan fingerprint density at radius 2 is 1.06 bits per heavy atom. The maximum atomic E-state index is 11.3. The number of aliphatic hydroxyl groups is 1. The highest BCUT2D eigenvalue weighted by Crippen LogP contribution is 2.33. The largest absolute Gasteiger partial charge is 0.388 e. The number of hydrogen-bond acceptors (Lipinski definition) is 12. The van der Waals surface area contributed by atoms with E-state index in [4.69, 9.17) is 4.74 Å². The average molecular weight is 747 g/mol. The maximum Gasteiger partial charge on any atom is 0.273 e. The van der Waals surface area contributed by atoms with Gasteiger partial charge in [-0.2, -0.15) is 0 Å². The molecular weight excluding hydrogens is 704 g/mol. The Morgan fingerprint density at radius 3 is 1.46 bits per heavy atom.